The minimum atomic E-state index is 0. The second-order valence-corrected chi connectivity index (χ2v) is 24.1. The van der Waals surface area contributed by atoms with Crippen molar-refractivity contribution in [3.8, 4) is 28.2 Å². The number of anilines is 7. The molecule has 0 saturated heterocycles. The van der Waals surface area contributed by atoms with Crippen molar-refractivity contribution in [2.75, 3.05) is 26.6 Å². The second-order valence-electron chi connectivity index (χ2n) is 24.1. The molecule has 1 aliphatic carbocycles. The van der Waals surface area contributed by atoms with Crippen molar-refractivity contribution in [3.63, 3.8) is 0 Å². The minimum absolute atomic E-state index is 0. The van der Waals surface area contributed by atoms with Crippen molar-refractivity contribution >= 4 is 105 Å². The molecule has 0 bridgehead atoms. The fourth-order valence-electron chi connectivity index (χ4n) is 14.4. The zero-order valence-corrected chi connectivity index (χ0v) is 56.1. The van der Waals surface area contributed by atoms with Gasteiger partial charge in [-0.25, -0.2) is 0 Å². The normalized spacial score (nSPS) is 13.3. The molecular formula is C84H61Ir2N7-4. The number of hydrogen-bond acceptors (Lipinski definition) is 4. The zero-order chi connectivity index (χ0) is 60.7. The van der Waals surface area contributed by atoms with Gasteiger partial charge in [-0.3, -0.25) is 0 Å². The van der Waals surface area contributed by atoms with Gasteiger partial charge in [-0.2, -0.15) is 49.1 Å². The maximum Gasteiger partial charge on any atom is 0.0541 e. The van der Waals surface area contributed by atoms with Crippen LogP contribution < -0.4 is 19.6 Å². The molecule has 7 nitrogen and oxygen atoms in total. The van der Waals surface area contributed by atoms with Gasteiger partial charge in [-0.1, -0.05) is 195 Å². The molecule has 3 aliphatic rings. The first-order chi connectivity index (χ1) is 44.9. The Hall–Kier alpha value is -10.2. The van der Waals surface area contributed by atoms with Crippen LogP contribution in [0.15, 0.2) is 303 Å². The van der Waals surface area contributed by atoms with Gasteiger partial charge in [-0.15, -0.1) is 35.2 Å². The van der Waals surface area contributed by atoms with Gasteiger partial charge in [0.1, 0.15) is 0 Å². The number of para-hydroxylation sites is 12. The molecule has 0 atom stereocenters. The van der Waals surface area contributed by atoms with E-state index in [9.17, 15) is 0 Å². The summed E-state index contributed by atoms with van der Waals surface area (Å²) in [5.74, 6) is 0. The fraction of sp³-hybridized carbons (Fsp3) is 0.0476. The predicted octanol–water partition coefficient (Wildman–Crippen LogP) is 21.4. The molecule has 19 rings (SSSR count). The molecule has 3 aromatic heterocycles. The SMILES string of the molecule is CN1[CH-]N(c2[c-]cc3c(c2)C(C)(C)c2ccccc2-3)c2ccccc21.[Ir].[Ir].[c-]1ccccc1N1[CH-]N(c2ccccc2)c2ccccc21.c1ccc2c(c1)c1ccccc1n2-c1cc(-n2c3ccccc3c3ccccc32)cc(-n2c3ccccc3c3ccccc32)c1. The van der Waals surface area contributed by atoms with Crippen LogP contribution in [0.5, 0.6) is 0 Å². The number of aromatic nitrogens is 3. The Morgan fingerprint density at radius 3 is 1.14 bits per heavy atom. The molecular weight excluding hydrogens is 1490 g/mol. The third kappa shape index (κ3) is 9.85. The van der Waals surface area contributed by atoms with Crippen LogP contribution in [-0.4, -0.2) is 20.7 Å². The van der Waals surface area contributed by atoms with E-state index in [1.54, 1.807) is 0 Å². The molecule has 0 amide bonds. The molecule has 9 heteroatoms. The van der Waals surface area contributed by atoms with E-state index in [1.807, 2.05) is 24.3 Å². The minimum Gasteiger partial charge on any atom is -0.504 e. The Morgan fingerprint density at radius 1 is 0.301 bits per heavy atom. The van der Waals surface area contributed by atoms with E-state index in [-0.39, 0.29) is 45.6 Å². The van der Waals surface area contributed by atoms with Gasteiger partial charge in [0.15, 0.2) is 0 Å². The summed E-state index contributed by atoms with van der Waals surface area (Å²) >= 11 is 0. The van der Waals surface area contributed by atoms with Crippen LogP contribution >= 0.6 is 0 Å². The van der Waals surface area contributed by atoms with Crippen LogP contribution in [0.4, 0.5) is 39.8 Å². The fourth-order valence-corrected chi connectivity index (χ4v) is 14.4. The van der Waals surface area contributed by atoms with Gasteiger partial charge in [-0.05, 0) is 109 Å². The van der Waals surface area contributed by atoms with Gasteiger partial charge in [0.25, 0.3) is 0 Å². The van der Waals surface area contributed by atoms with Crippen molar-refractivity contribution in [1.82, 2.24) is 13.7 Å². The maximum atomic E-state index is 3.52. The molecule has 16 aromatic rings. The van der Waals surface area contributed by atoms with Gasteiger partial charge in [0, 0.05) is 101 Å². The van der Waals surface area contributed by atoms with Crippen LogP contribution in [0.2, 0.25) is 0 Å². The largest absolute Gasteiger partial charge is 0.504 e. The standard InChI is InChI=1S/C42H27N3.C23H20N2.C19H14N2.2Ir/c1-7-19-37-31(13-1)32-14-2-8-20-38(32)43(37)28-25-29(44-39-21-9-3-15-33(39)34-16-4-10-22-40(34)44)27-30(26-28)45-41-23-11-5-17-35(41)36-18-6-12-24-42(36)45;1-23(2)19-9-5-4-8-17(19)18-13-12-16(14-20(18)23)25-15-24(3)21-10-6-7-11-22(21)25;1-3-9-16(10-4-1)20-15-21(17-11-5-2-6-12-17)19-14-8-7-13-18(19)20;;/h1-27H;4-11,13-15H,1-3H3;1-11,13-15H;;/q;2*-2;;. The number of rotatable bonds is 6. The molecule has 0 spiro atoms. The molecule has 0 N–H and O–H groups in total. The summed E-state index contributed by atoms with van der Waals surface area (Å²) in [4.78, 5) is 8.77. The second kappa shape index (κ2) is 24.1. The summed E-state index contributed by atoms with van der Waals surface area (Å²) in [6.07, 6.45) is 0. The summed E-state index contributed by atoms with van der Waals surface area (Å²) in [5, 5.41) is 7.55. The van der Waals surface area contributed by atoms with E-state index in [0.29, 0.717) is 0 Å². The maximum absolute atomic E-state index is 3.52. The summed E-state index contributed by atoms with van der Waals surface area (Å²) in [7, 11) is 2.09. The molecule has 13 aromatic carbocycles. The number of hydrogen-bond donors (Lipinski definition) is 0. The Bertz CT molecular complexity index is 4930. The first kappa shape index (κ1) is 59.1. The quantitative estimate of drug-likeness (QED) is 0.155. The van der Waals surface area contributed by atoms with Gasteiger partial charge < -0.3 is 33.3 Å². The predicted molar refractivity (Wildman–Crippen MR) is 380 cm³/mol. The zero-order valence-electron chi connectivity index (χ0n) is 51.3. The van der Waals surface area contributed by atoms with Crippen LogP contribution in [0, 0.1) is 25.5 Å². The molecule has 5 heterocycles. The average Bonchev–Trinajstić information content (AvgIpc) is 1.59. The number of benzene rings is 13. The first-order valence-electron chi connectivity index (χ1n) is 31.1. The topological polar surface area (TPSA) is 27.8 Å². The number of fused-ring (bicyclic) bond motifs is 14. The van der Waals surface area contributed by atoms with Crippen molar-refractivity contribution in [1.29, 1.82) is 0 Å². The van der Waals surface area contributed by atoms with Gasteiger partial charge in [0.2, 0.25) is 0 Å². The molecule has 454 valence electrons. The van der Waals surface area contributed by atoms with Crippen molar-refractivity contribution in [2.45, 2.75) is 19.3 Å². The molecule has 0 fully saturated rings. The smallest absolute Gasteiger partial charge is 0.0541 e. The van der Waals surface area contributed by atoms with Crippen molar-refractivity contribution in [2.24, 2.45) is 0 Å². The molecule has 2 aliphatic heterocycles. The van der Waals surface area contributed by atoms with E-state index in [0.717, 1.165) is 34.1 Å². The number of nitrogens with zero attached hydrogens (tertiary/aromatic N) is 7. The van der Waals surface area contributed by atoms with E-state index in [2.05, 4.69) is 359 Å². The van der Waals surface area contributed by atoms with E-state index in [1.165, 1.54) is 110 Å². The van der Waals surface area contributed by atoms with Crippen LogP contribution in [0.3, 0.4) is 0 Å². The summed E-state index contributed by atoms with van der Waals surface area (Å²) < 4.78 is 7.29. The third-order valence-corrected chi connectivity index (χ3v) is 18.6. The Kier molecular flexibility index (Phi) is 15.3. The van der Waals surface area contributed by atoms with Crippen LogP contribution in [0.25, 0.3) is 93.6 Å². The summed E-state index contributed by atoms with van der Waals surface area (Å²) in [6.45, 7) is 8.88. The van der Waals surface area contributed by atoms with E-state index in [4.69, 9.17) is 0 Å². The molecule has 93 heavy (non-hydrogen) atoms. The Balaban J connectivity index is 0.000000126. The van der Waals surface area contributed by atoms with Crippen molar-refractivity contribution < 1.29 is 40.2 Å². The molecule has 0 unspecified atom stereocenters. The van der Waals surface area contributed by atoms with Crippen LogP contribution in [-0.2, 0) is 45.6 Å². The monoisotopic (exact) mass is 1550 g/mol. The van der Waals surface area contributed by atoms with Gasteiger partial charge in [0.05, 0.1) is 50.2 Å². The summed E-state index contributed by atoms with van der Waals surface area (Å²) in [5.41, 5.74) is 24.1. The Morgan fingerprint density at radius 2 is 0.677 bits per heavy atom. The third-order valence-electron chi connectivity index (χ3n) is 18.6. The van der Waals surface area contributed by atoms with Crippen LogP contribution in [0.1, 0.15) is 25.0 Å². The first-order valence-corrected chi connectivity index (χ1v) is 31.1. The molecule has 2 radical (unpaired) electrons. The Labute approximate surface area is 568 Å². The average molecular weight is 1550 g/mol. The summed E-state index contributed by atoms with van der Waals surface area (Å²) in [6, 6.07) is 115. The van der Waals surface area contributed by atoms with E-state index >= 15 is 0 Å². The molecule has 0 saturated carbocycles. The van der Waals surface area contributed by atoms with E-state index < -0.39 is 0 Å². The van der Waals surface area contributed by atoms with Crippen molar-refractivity contribution in [3.05, 3.63) is 340 Å². The van der Waals surface area contributed by atoms with Gasteiger partial charge >= 0.3 is 0 Å².